The second-order valence-electron chi connectivity index (χ2n) is 3.24. The zero-order valence-corrected chi connectivity index (χ0v) is 8.73. The molecule has 0 saturated carbocycles. The highest BCUT2D eigenvalue weighted by Gasteiger charge is 2.12. The Bertz CT molecular complexity index is 285. The first kappa shape index (κ1) is 11.7. The molecule has 0 saturated heterocycles. The van der Waals surface area contributed by atoms with E-state index in [4.69, 9.17) is 14.9 Å². The number of rotatable bonds is 6. The lowest BCUT2D eigenvalue weighted by molar-refractivity contribution is -0.122. The van der Waals surface area contributed by atoms with E-state index in [0.29, 0.717) is 19.6 Å². The normalized spacial score (nSPS) is 12.4. The van der Waals surface area contributed by atoms with Gasteiger partial charge in [0.2, 0.25) is 5.91 Å². The third-order valence-electron chi connectivity index (χ3n) is 2.02. The van der Waals surface area contributed by atoms with E-state index in [1.54, 1.807) is 25.7 Å². The molecule has 1 amide bonds. The molecule has 0 radical (unpaired) electrons. The van der Waals surface area contributed by atoms with Crippen LogP contribution >= 0.6 is 0 Å². The minimum Gasteiger partial charge on any atom is -0.472 e. The molecule has 1 heterocycles. The van der Waals surface area contributed by atoms with Crippen LogP contribution in [-0.4, -0.2) is 25.7 Å². The molecule has 0 aromatic carbocycles. The Morgan fingerprint density at radius 1 is 1.73 bits per heavy atom. The van der Waals surface area contributed by atoms with E-state index in [0.717, 1.165) is 5.56 Å². The van der Waals surface area contributed by atoms with Crippen molar-refractivity contribution in [2.75, 3.05) is 13.7 Å². The van der Waals surface area contributed by atoms with Gasteiger partial charge in [-0.25, -0.2) is 0 Å². The predicted molar refractivity (Wildman–Crippen MR) is 55.0 cm³/mol. The summed E-state index contributed by atoms with van der Waals surface area (Å²) in [4.78, 5) is 11.4. The molecule has 84 valence electrons. The van der Waals surface area contributed by atoms with Crippen LogP contribution in [0.1, 0.15) is 12.0 Å². The maximum atomic E-state index is 11.4. The zero-order chi connectivity index (χ0) is 11.1. The number of furan rings is 1. The highest BCUT2D eigenvalue weighted by Crippen LogP contribution is 1.99. The fourth-order valence-corrected chi connectivity index (χ4v) is 1.09. The summed E-state index contributed by atoms with van der Waals surface area (Å²) in [5.74, 6) is -0.173. The van der Waals surface area contributed by atoms with E-state index in [1.165, 1.54) is 0 Å². The van der Waals surface area contributed by atoms with Crippen molar-refractivity contribution < 1.29 is 13.9 Å². The van der Waals surface area contributed by atoms with Crippen molar-refractivity contribution in [3.63, 3.8) is 0 Å². The molecule has 5 nitrogen and oxygen atoms in total. The second-order valence-corrected chi connectivity index (χ2v) is 3.24. The number of ether oxygens (including phenoxy) is 1. The van der Waals surface area contributed by atoms with E-state index in [2.05, 4.69) is 5.32 Å². The van der Waals surface area contributed by atoms with Gasteiger partial charge in [-0.15, -0.1) is 0 Å². The fourth-order valence-electron chi connectivity index (χ4n) is 1.09. The minimum atomic E-state index is -0.517. The first-order chi connectivity index (χ1) is 7.24. The molecule has 15 heavy (non-hydrogen) atoms. The van der Waals surface area contributed by atoms with Gasteiger partial charge < -0.3 is 20.2 Å². The minimum absolute atomic E-state index is 0.173. The lowest BCUT2D eigenvalue weighted by Crippen LogP contribution is -2.40. The number of nitrogens with one attached hydrogen (secondary N) is 1. The van der Waals surface area contributed by atoms with Crippen LogP contribution < -0.4 is 11.1 Å². The topological polar surface area (TPSA) is 77.5 Å². The summed E-state index contributed by atoms with van der Waals surface area (Å²) >= 11 is 0. The molecule has 5 heteroatoms. The van der Waals surface area contributed by atoms with Crippen LogP contribution in [-0.2, 0) is 16.1 Å². The van der Waals surface area contributed by atoms with Crippen LogP contribution in [0.15, 0.2) is 23.0 Å². The molecule has 0 fully saturated rings. The average Bonchev–Trinajstić information content (AvgIpc) is 2.75. The lowest BCUT2D eigenvalue weighted by atomic mass is 10.2. The van der Waals surface area contributed by atoms with Crippen molar-refractivity contribution in [2.24, 2.45) is 5.73 Å². The van der Waals surface area contributed by atoms with E-state index < -0.39 is 6.04 Å². The first-order valence-corrected chi connectivity index (χ1v) is 4.77. The third kappa shape index (κ3) is 4.14. The molecular formula is C10H16N2O3. The van der Waals surface area contributed by atoms with Gasteiger partial charge in [0.1, 0.15) is 0 Å². The van der Waals surface area contributed by atoms with Gasteiger partial charge in [0, 0.05) is 25.8 Å². The molecule has 1 rings (SSSR count). The molecule has 1 aromatic heterocycles. The molecule has 3 N–H and O–H groups in total. The van der Waals surface area contributed by atoms with Gasteiger partial charge in [-0.1, -0.05) is 0 Å². The SMILES string of the molecule is COCCC(N)C(=O)NCc1ccoc1. The number of hydrogen-bond acceptors (Lipinski definition) is 4. The van der Waals surface area contributed by atoms with Gasteiger partial charge in [-0.3, -0.25) is 4.79 Å². The largest absolute Gasteiger partial charge is 0.472 e. The van der Waals surface area contributed by atoms with Gasteiger partial charge in [0.15, 0.2) is 0 Å². The summed E-state index contributed by atoms with van der Waals surface area (Å²) in [6.45, 7) is 0.927. The number of hydrogen-bond donors (Lipinski definition) is 2. The average molecular weight is 212 g/mol. The van der Waals surface area contributed by atoms with Crippen LogP contribution in [0.3, 0.4) is 0 Å². The van der Waals surface area contributed by atoms with E-state index in [-0.39, 0.29) is 5.91 Å². The number of carbonyl (C=O) groups excluding carboxylic acids is 1. The molecule has 0 aliphatic rings. The monoisotopic (exact) mass is 212 g/mol. The molecule has 1 atom stereocenters. The van der Waals surface area contributed by atoms with Crippen molar-refractivity contribution in [1.82, 2.24) is 5.32 Å². The number of carbonyl (C=O) groups is 1. The van der Waals surface area contributed by atoms with Gasteiger partial charge >= 0.3 is 0 Å². The van der Waals surface area contributed by atoms with E-state index in [9.17, 15) is 4.79 Å². The maximum Gasteiger partial charge on any atom is 0.237 e. The summed E-state index contributed by atoms with van der Waals surface area (Å²) < 4.78 is 9.71. The highest BCUT2D eigenvalue weighted by molar-refractivity contribution is 5.81. The number of amides is 1. The van der Waals surface area contributed by atoms with E-state index >= 15 is 0 Å². The summed E-state index contributed by atoms with van der Waals surface area (Å²) in [5.41, 5.74) is 6.55. The number of methoxy groups -OCH3 is 1. The summed E-state index contributed by atoms with van der Waals surface area (Å²) in [5, 5.41) is 2.71. The van der Waals surface area contributed by atoms with Crippen molar-refractivity contribution in [1.29, 1.82) is 0 Å². The first-order valence-electron chi connectivity index (χ1n) is 4.77. The Kier molecular flexibility index (Phi) is 4.86. The summed E-state index contributed by atoms with van der Waals surface area (Å²) in [6, 6.07) is 1.28. The van der Waals surface area contributed by atoms with Crippen LogP contribution in [0.5, 0.6) is 0 Å². The Morgan fingerprint density at radius 2 is 2.53 bits per heavy atom. The van der Waals surface area contributed by atoms with Crippen molar-refractivity contribution in [3.05, 3.63) is 24.2 Å². The smallest absolute Gasteiger partial charge is 0.237 e. The van der Waals surface area contributed by atoms with Crippen LogP contribution in [0, 0.1) is 0 Å². The Balaban J connectivity index is 2.23. The van der Waals surface area contributed by atoms with Crippen LogP contribution in [0.4, 0.5) is 0 Å². The van der Waals surface area contributed by atoms with Crippen LogP contribution in [0.2, 0.25) is 0 Å². The van der Waals surface area contributed by atoms with Crippen LogP contribution in [0.25, 0.3) is 0 Å². The summed E-state index contributed by atoms with van der Waals surface area (Å²) in [7, 11) is 1.58. The Hall–Kier alpha value is -1.33. The molecule has 1 aromatic rings. The fraction of sp³-hybridized carbons (Fsp3) is 0.500. The maximum absolute atomic E-state index is 11.4. The van der Waals surface area contributed by atoms with Crippen molar-refractivity contribution >= 4 is 5.91 Å². The molecule has 0 aliphatic heterocycles. The zero-order valence-electron chi connectivity index (χ0n) is 8.73. The van der Waals surface area contributed by atoms with Gasteiger partial charge in [-0.2, -0.15) is 0 Å². The molecule has 0 bridgehead atoms. The Morgan fingerprint density at radius 3 is 3.13 bits per heavy atom. The molecular weight excluding hydrogens is 196 g/mol. The molecule has 0 aliphatic carbocycles. The lowest BCUT2D eigenvalue weighted by Gasteiger charge is -2.10. The second kappa shape index (κ2) is 6.21. The summed E-state index contributed by atoms with van der Waals surface area (Å²) in [6.07, 6.45) is 3.67. The standard InChI is InChI=1S/C10H16N2O3/c1-14-4-3-9(11)10(13)12-6-8-2-5-15-7-8/h2,5,7,9H,3-4,6,11H2,1H3,(H,12,13). The number of nitrogens with two attached hydrogens (primary N) is 1. The van der Waals surface area contributed by atoms with Gasteiger partial charge in [0.25, 0.3) is 0 Å². The Labute approximate surface area is 88.6 Å². The van der Waals surface area contributed by atoms with Crippen molar-refractivity contribution in [3.8, 4) is 0 Å². The third-order valence-corrected chi connectivity index (χ3v) is 2.02. The van der Waals surface area contributed by atoms with Crippen molar-refractivity contribution in [2.45, 2.75) is 19.0 Å². The van der Waals surface area contributed by atoms with Gasteiger partial charge in [0.05, 0.1) is 18.6 Å². The molecule has 1 unspecified atom stereocenters. The van der Waals surface area contributed by atoms with E-state index in [1.807, 2.05) is 0 Å². The predicted octanol–water partition coefficient (Wildman–Crippen LogP) is 0.260. The van der Waals surface area contributed by atoms with Gasteiger partial charge in [-0.05, 0) is 12.5 Å². The molecule has 0 spiro atoms. The quantitative estimate of drug-likeness (QED) is 0.709. The highest BCUT2D eigenvalue weighted by atomic mass is 16.5.